The third kappa shape index (κ3) is 3.66. The molecule has 0 saturated heterocycles. The summed E-state index contributed by atoms with van der Waals surface area (Å²) in [5.74, 6) is -0.205. The first-order valence-electron chi connectivity index (χ1n) is 10.0. The second-order valence-corrected chi connectivity index (χ2v) is 7.70. The van der Waals surface area contributed by atoms with E-state index in [0.29, 0.717) is 23.1 Å². The van der Waals surface area contributed by atoms with E-state index in [9.17, 15) is 9.18 Å². The van der Waals surface area contributed by atoms with Crippen LogP contribution in [0.15, 0.2) is 24.3 Å². The molecule has 1 fully saturated rings. The SMILES string of the molecule is Cc1nnnn1-c1cc(NC(=O)c2cc(C)n(C3CCCCC3)c2C)ccc1F. The molecular formula is C21H25FN6O. The Hall–Kier alpha value is -3.03. The van der Waals surface area contributed by atoms with Gasteiger partial charge in [0.15, 0.2) is 5.82 Å². The second-order valence-electron chi connectivity index (χ2n) is 7.70. The number of nitrogens with zero attached hydrogens (tertiary/aromatic N) is 5. The van der Waals surface area contributed by atoms with Gasteiger partial charge in [-0.15, -0.1) is 5.10 Å². The number of aromatic nitrogens is 5. The lowest BCUT2D eigenvalue weighted by Gasteiger charge is -2.26. The van der Waals surface area contributed by atoms with Crippen molar-refractivity contribution in [2.75, 3.05) is 5.32 Å². The summed E-state index contributed by atoms with van der Waals surface area (Å²) in [6.07, 6.45) is 6.07. The molecule has 0 bridgehead atoms. The molecule has 1 amide bonds. The van der Waals surface area contributed by atoms with Crippen molar-refractivity contribution in [3.8, 4) is 5.69 Å². The molecule has 7 nitrogen and oxygen atoms in total. The summed E-state index contributed by atoms with van der Waals surface area (Å²) in [6, 6.07) is 6.78. The Kier molecular flexibility index (Phi) is 5.17. The van der Waals surface area contributed by atoms with E-state index < -0.39 is 5.82 Å². The minimum atomic E-state index is -0.464. The minimum Gasteiger partial charge on any atom is -0.345 e. The fraction of sp³-hybridized carbons (Fsp3) is 0.429. The minimum absolute atomic E-state index is 0.193. The van der Waals surface area contributed by atoms with Crippen LogP contribution in [0.2, 0.25) is 0 Å². The van der Waals surface area contributed by atoms with Crippen molar-refractivity contribution in [3.05, 3.63) is 52.9 Å². The smallest absolute Gasteiger partial charge is 0.257 e. The Balaban J connectivity index is 1.60. The van der Waals surface area contributed by atoms with E-state index in [2.05, 4.69) is 32.3 Å². The van der Waals surface area contributed by atoms with Crippen LogP contribution in [0.25, 0.3) is 5.69 Å². The van der Waals surface area contributed by atoms with Crippen molar-refractivity contribution in [1.82, 2.24) is 24.8 Å². The van der Waals surface area contributed by atoms with Gasteiger partial charge in [-0.3, -0.25) is 4.79 Å². The maximum atomic E-state index is 14.3. The predicted octanol–water partition coefficient (Wildman–Crippen LogP) is 4.29. The molecule has 29 heavy (non-hydrogen) atoms. The maximum absolute atomic E-state index is 14.3. The second kappa shape index (κ2) is 7.77. The van der Waals surface area contributed by atoms with Crippen LogP contribution in [0.3, 0.4) is 0 Å². The highest BCUT2D eigenvalue weighted by atomic mass is 19.1. The Bertz CT molecular complexity index is 1050. The summed E-state index contributed by atoms with van der Waals surface area (Å²) in [5, 5.41) is 14.0. The molecule has 0 atom stereocenters. The van der Waals surface area contributed by atoms with Gasteiger partial charge >= 0.3 is 0 Å². The molecule has 0 spiro atoms. The van der Waals surface area contributed by atoms with Crippen molar-refractivity contribution in [2.45, 2.75) is 58.9 Å². The highest BCUT2D eigenvalue weighted by molar-refractivity contribution is 6.05. The molecule has 8 heteroatoms. The topological polar surface area (TPSA) is 77.6 Å². The molecule has 2 aromatic heterocycles. The summed E-state index contributed by atoms with van der Waals surface area (Å²) in [5.41, 5.74) is 3.41. The van der Waals surface area contributed by atoms with Crippen LogP contribution >= 0.6 is 0 Å². The number of hydrogen-bond donors (Lipinski definition) is 1. The maximum Gasteiger partial charge on any atom is 0.257 e. The number of anilines is 1. The van der Waals surface area contributed by atoms with Crippen molar-refractivity contribution in [1.29, 1.82) is 0 Å². The third-order valence-electron chi connectivity index (χ3n) is 5.73. The van der Waals surface area contributed by atoms with Gasteiger partial charge in [-0.05, 0) is 68.3 Å². The van der Waals surface area contributed by atoms with E-state index in [4.69, 9.17) is 0 Å². The Morgan fingerprint density at radius 1 is 1.14 bits per heavy atom. The van der Waals surface area contributed by atoms with Crippen LogP contribution in [0.4, 0.5) is 10.1 Å². The van der Waals surface area contributed by atoms with Crippen LogP contribution < -0.4 is 5.32 Å². The molecule has 2 heterocycles. The molecule has 0 radical (unpaired) electrons. The summed E-state index contributed by atoms with van der Waals surface area (Å²) in [6.45, 7) is 5.73. The molecule has 152 valence electrons. The van der Waals surface area contributed by atoms with E-state index in [1.165, 1.54) is 42.1 Å². The lowest BCUT2D eigenvalue weighted by Crippen LogP contribution is -2.17. The number of tetrazole rings is 1. The van der Waals surface area contributed by atoms with Crippen LogP contribution in [0.1, 0.15) is 65.7 Å². The number of halogens is 1. The lowest BCUT2D eigenvalue weighted by atomic mass is 9.95. The number of hydrogen-bond acceptors (Lipinski definition) is 4. The van der Waals surface area contributed by atoms with Crippen molar-refractivity contribution < 1.29 is 9.18 Å². The van der Waals surface area contributed by atoms with E-state index in [1.54, 1.807) is 6.92 Å². The van der Waals surface area contributed by atoms with Gasteiger partial charge in [0.05, 0.1) is 5.56 Å². The van der Waals surface area contributed by atoms with E-state index in [-0.39, 0.29) is 11.6 Å². The average Bonchev–Trinajstić information content (AvgIpc) is 3.26. The van der Waals surface area contributed by atoms with Gasteiger partial charge in [0.1, 0.15) is 11.5 Å². The molecule has 1 aromatic carbocycles. The van der Waals surface area contributed by atoms with Gasteiger partial charge in [0.2, 0.25) is 0 Å². The predicted molar refractivity (Wildman–Crippen MR) is 108 cm³/mol. The Morgan fingerprint density at radius 2 is 1.90 bits per heavy atom. The fourth-order valence-corrected chi connectivity index (χ4v) is 4.31. The number of nitrogens with one attached hydrogen (secondary N) is 1. The first kappa shape index (κ1) is 19.3. The van der Waals surface area contributed by atoms with Gasteiger partial charge in [0.25, 0.3) is 5.91 Å². The zero-order chi connectivity index (χ0) is 20.5. The van der Waals surface area contributed by atoms with Gasteiger partial charge in [0, 0.05) is 23.1 Å². The number of rotatable bonds is 4. The number of amides is 1. The monoisotopic (exact) mass is 396 g/mol. The summed E-state index contributed by atoms with van der Waals surface area (Å²) < 4.78 is 17.9. The zero-order valence-corrected chi connectivity index (χ0v) is 16.9. The van der Waals surface area contributed by atoms with E-state index in [1.807, 2.05) is 13.0 Å². The first-order valence-corrected chi connectivity index (χ1v) is 10.0. The molecule has 0 unspecified atom stereocenters. The zero-order valence-electron chi connectivity index (χ0n) is 16.9. The number of carbonyl (C=O) groups excluding carboxylic acids is 1. The quantitative estimate of drug-likeness (QED) is 0.714. The van der Waals surface area contributed by atoms with Crippen LogP contribution in [0, 0.1) is 26.6 Å². The largest absolute Gasteiger partial charge is 0.345 e. The highest BCUT2D eigenvalue weighted by Gasteiger charge is 2.23. The van der Waals surface area contributed by atoms with Gasteiger partial charge in [-0.1, -0.05) is 19.3 Å². The molecular weight excluding hydrogens is 371 g/mol. The van der Waals surface area contributed by atoms with E-state index in [0.717, 1.165) is 24.2 Å². The third-order valence-corrected chi connectivity index (χ3v) is 5.73. The molecule has 1 saturated carbocycles. The summed E-state index contributed by atoms with van der Waals surface area (Å²) >= 11 is 0. The highest BCUT2D eigenvalue weighted by Crippen LogP contribution is 2.32. The van der Waals surface area contributed by atoms with Gasteiger partial charge < -0.3 is 9.88 Å². The first-order chi connectivity index (χ1) is 14.0. The fourth-order valence-electron chi connectivity index (χ4n) is 4.31. The number of aryl methyl sites for hydroxylation is 2. The normalized spacial score (nSPS) is 14.9. The molecule has 1 aliphatic rings. The van der Waals surface area contributed by atoms with Crippen molar-refractivity contribution in [2.24, 2.45) is 0 Å². The van der Waals surface area contributed by atoms with Crippen LogP contribution in [0.5, 0.6) is 0 Å². The molecule has 4 rings (SSSR count). The number of carbonyl (C=O) groups is 1. The molecule has 3 aromatic rings. The Morgan fingerprint density at radius 3 is 2.59 bits per heavy atom. The standard InChI is InChI=1S/C21H25FN6O/c1-13-11-18(14(2)27(13)17-7-5-4-6-8-17)21(29)23-16-9-10-19(22)20(12-16)28-15(3)24-25-26-28/h9-12,17H,4-8H2,1-3H3,(H,23,29). The van der Waals surface area contributed by atoms with Crippen molar-refractivity contribution in [3.63, 3.8) is 0 Å². The van der Waals surface area contributed by atoms with Gasteiger partial charge in [-0.25, -0.2) is 4.39 Å². The van der Waals surface area contributed by atoms with Crippen molar-refractivity contribution >= 4 is 11.6 Å². The molecule has 1 aliphatic carbocycles. The molecule has 0 aliphatic heterocycles. The van der Waals surface area contributed by atoms with Gasteiger partial charge in [-0.2, -0.15) is 4.68 Å². The average molecular weight is 396 g/mol. The van der Waals surface area contributed by atoms with Crippen LogP contribution in [-0.2, 0) is 0 Å². The molecule has 1 N–H and O–H groups in total. The Labute approximate surface area is 168 Å². The summed E-state index contributed by atoms with van der Waals surface area (Å²) in [4.78, 5) is 13.0. The van der Waals surface area contributed by atoms with Crippen LogP contribution in [-0.4, -0.2) is 30.7 Å². The van der Waals surface area contributed by atoms with E-state index >= 15 is 0 Å². The number of benzene rings is 1. The lowest BCUT2D eigenvalue weighted by molar-refractivity contribution is 0.102. The summed E-state index contributed by atoms with van der Waals surface area (Å²) in [7, 11) is 0.